The first-order valence-electron chi connectivity index (χ1n) is 9.17. The van der Waals surface area contributed by atoms with Gasteiger partial charge in [-0.1, -0.05) is 12.1 Å². The average Bonchev–Trinajstić information content (AvgIpc) is 2.63. The molecule has 6 heteroatoms. The molecule has 25 heavy (non-hydrogen) atoms. The smallest absolute Gasteiger partial charge is 0.244 e. The monoisotopic (exact) mass is 346 g/mol. The molecule has 2 saturated heterocycles. The van der Waals surface area contributed by atoms with Crippen LogP contribution in [0.15, 0.2) is 24.3 Å². The maximum Gasteiger partial charge on any atom is 0.244 e. The van der Waals surface area contributed by atoms with Crippen LogP contribution in [0.5, 0.6) is 0 Å². The Kier molecular flexibility index (Phi) is 5.93. The summed E-state index contributed by atoms with van der Waals surface area (Å²) in [6, 6.07) is 8.59. The lowest BCUT2D eigenvalue weighted by Crippen LogP contribution is -2.54. The van der Waals surface area contributed by atoms with Gasteiger partial charge in [0.1, 0.15) is 6.04 Å². The van der Waals surface area contributed by atoms with Crippen LogP contribution in [0.1, 0.15) is 18.5 Å². The molecule has 6 nitrogen and oxygen atoms in total. The topological polar surface area (TPSA) is 48.1 Å². The van der Waals surface area contributed by atoms with Gasteiger partial charge in [-0.15, -0.1) is 0 Å². The summed E-state index contributed by atoms with van der Waals surface area (Å²) in [7, 11) is 4.06. The molecule has 0 bridgehead atoms. The van der Waals surface area contributed by atoms with Gasteiger partial charge in [0.25, 0.3) is 0 Å². The van der Waals surface area contributed by atoms with Crippen LogP contribution in [-0.4, -0.2) is 81.8 Å². The van der Waals surface area contributed by atoms with Gasteiger partial charge in [0.2, 0.25) is 5.91 Å². The van der Waals surface area contributed by atoms with Crippen LogP contribution >= 0.6 is 0 Å². The average molecular weight is 346 g/mol. The summed E-state index contributed by atoms with van der Waals surface area (Å²) >= 11 is 0. The molecule has 2 fully saturated rings. The lowest BCUT2D eigenvalue weighted by molar-refractivity contribution is -0.142. The highest BCUT2D eigenvalue weighted by Crippen LogP contribution is 2.27. The Morgan fingerprint density at radius 2 is 1.88 bits per heavy atom. The number of ether oxygens (including phenoxy) is 1. The first-order valence-corrected chi connectivity index (χ1v) is 9.17. The van der Waals surface area contributed by atoms with Gasteiger partial charge in [0, 0.05) is 58.5 Å². The van der Waals surface area contributed by atoms with Crippen LogP contribution < -0.4 is 10.2 Å². The van der Waals surface area contributed by atoms with E-state index in [0.717, 1.165) is 30.9 Å². The number of carbonyl (C=O) groups excluding carboxylic acids is 1. The van der Waals surface area contributed by atoms with Crippen LogP contribution in [0.4, 0.5) is 5.69 Å². The third-order valence-electron chi connectivity index (χ3n) is 5.05. The van der Waals surface area contributed by atoms with E-state index in [-0.39, 0.29) is 11.9 Å². The van der Waals surface area contributed by atoms with Crippen LogP contribution in [0.2, 0.25) is 0 Å². The van der Waals surface area contributed by atoms with E-state index in [9.17, 15) is 4.79 Å². The fourth-order valence-corrected chi connectivity index (χ4v) is 3.62. The number of hydrogen-bond donors (Lipinski definition) is 1. The van der Waals surface area contributed by atoms with Crippen LogP contribution in [-0.2, 0) is 9.53 Å². The van der Waals surface area contributed by atoms with Crippen molar-refractivity contribution >= 4 is 11.6 Å². The van der Waals surface area contributed by atoms with E-state index in [2.05, 4.69) is 46.3 Å². The number of morpholine rings is 1. The summed E-state index contributed by atoms with van der Waals surface area (Å²) < 4.78 is 5.42. The van der Waals surface area contributed by atoms with Gasteiger partial charge < -0.3 is 19.9 Å². The number of piperazine rings is 1. The quantitative estimate of drug-likeness (QED) is 0.880. The van der Waals surface area contributed by atoms with Gasteiger partial charge >= 0.3 is 0 Å². The van der Waals surface area contributed by atoms with E-state index < -0.39 is 0 Å². The van der Waals surface area contributed by atoms with E-state index >= 15 is 0 Å². The standard InChI is InChI=1S/C19H30N4O2/c1-15-14-23(9-8-20-15)18(19(24)22-10-12-25-13-11-22)16-4-6-17(7-5-16)21(2)3/h4-7,15,18,20H,8-14H2,1-3H3. The van der Waals surface area contributed by atoms with E-state index in [1.165, 1.54) is 0 Å². The summed E-state index contributed by atoms with van der Waals surface area (Å²) in [5, 5.41) is 3.47. The first-order chi connectivity index (χ1) is 12.1. The minimum Gasteiger partial charge on any atom is -0.378 e. The molecule has 138 valence electrons. The van der Waals surface area contributed by atoms with Gasteiger partial charge in [0.05, 0.1) is 13.2 Å². The molecule has 1 amide bonds. The predicted octanol–water partition coefficient (Wildman–Crippen LogP) is 0.946. The maximum atomic E-state index is 13.3. The molecule has 0 spiro atoms. The molecule has 1 aromatic rings. The fourth-order valence-electron chi connectivity index (χ4n) is 3.62. The maximum absolute atomic E-state index is 13.3. The van der Waals surface area contributed by atoms with E-state index in [1.807, 2.05) is 19.0 Å². The number of amides is 1. The number of nitrogens with one attached hydrogen (secondary N) is 1. The van der Waals surface area contributed by atoms with E-state index in [0.29, 0.717) is 32.3 Å². The van der Waals surface area contributed by atoms with Crippen molar-refractivity contribution in [2.24, 2.45) is 0 Å². The summed E-state index contributed by atoms with van der Waals surface area (Å²) in [5.41, 5.74) is 2.23. The molecule has 1 N–H and O–H groups in total. The minimum absolute atomic E-state index is 0.204. The largest absolute Gasteiger partial charge is 0.378 e. The molecule has 0 radical (unpaired) electrons. The van der Waals surface area contributed by atoms with Crippen molar-refractivity contribution in [1.29, 1.82) is 0 Å². The Hall–Kier alpha value is -1.63. The number of rotatable bonds is 4. The van der Waals surface area contributed by atoms with Crippen molar-refractivity contribution in [3.05, 3.63) is 29.8 Å². The first kappa shape index (κ1) is 18.2. The Bertz CT molecular complexity index is 569. The van der Waals surface area contributed by atoms with Crippen LogP contribution in [0.25, 0.3) is 0 Å². The van der Waals surface area contributed by atoms with E-state index in [4.69, 9.17) is 4.74 Å². The number of hydrogen-bond acceptors (Lipinski definition) is 5. The highest BCUT2D eigenvalue weighted by Gasteiger charge is 2.34. The molecule has 2 heterocycles. The summed E-state index contributed by atoms with van der Waals surface area (Å²) in [6.07, 6.45) is 0. The zero-order valence-electron chi connectivity index (χ0n) is 15.6. The zero-order chi connectivity index (χ0) is 17.8. The third-order valence-corrected chi connectivity index (χ3v) is 5.05. The molecule has 0 aromatic heterocycles. The van der Waals surface area contributed by atoms with Gasteiger partial charge in [-0.2, -0.15) is 0 Å². The predicted molar refractivity (Wildman–Crippen MR) is 99.9 cm³/mol. The number of nitrogens with zero attached hydrogens (tertiary/aromatic N) is 3. The van der Waals surface area contributed by atoms with Gasteiger partial charge in [0.15, 0.2) is 0 Å². The second-order valence-electron chi connectivity index (χ2n) is 7.18. The molecule has 0 aliphatic carbocycles. The van der Waals surface area contributed by atoms with Crippen LogP contribution in [0.3, 0.4) is 0 Å². The molecule has 2 atom stereocenters. The Morgan fingerprint density at radius 3 is 2.48 bits per heavy atom. The molecule has 2 aliphatic rings. The van der Waals surface area contributed by atoms with Gasteiger partial charge in [-0.3, -0.25) is 9.69 Å². The van der Waals surface area contributed by atoms with Crippen molar-refractivity contribution in [2.45, 2.75) is 19.0 Å². The number of carbonyl (C=O) groups is 1. The molecule has 2 aliphatic heterocycles. The Morgan fingerprint density at radius 1 is 1.20 bits per heavy atom. The lowest BCUT2D eigenvalue weighted by atomic mass is 10.0. The van der Waals surface area contributed by atoms with Crippen molar-refractivity contribution in [3.63, 3.8) is 0 Å². The molecular formula is C19H30N4O2. The highest BCUT2D eigenvalue weighted by molar-refractivity contribution is 5.83. The molecule has 0 saturated carbocycles. The second kappa shape index (κ2) is 8.17. The van der Waals surface area contributed by atoms with Crippen molar-refractivity contribution in [3.8, 4) is 0 Å². The second-order valence-corrected chi connectivity index (χ2v) is 7.18. The van der Waals surface area contributed by atoms with Crippen molar-refractivity contribution < 1.29 is 9.53 Å². The molecule has 1 aromatic carbocycles. The van der Waals surface area contributed by atoms with Crippen molar-refractivity contribution in [1.82, 2.24) is 15.1 Å². The zero-order valence-corrected chi connectivity index (χ0v) is 15.6. The van der Waals surface area contributed by atoms with Gasteiger partial charge in [-0.05, 0) is 24.6 Å². The third kappa shape index (κ3) is 4.32. The number of benzene rings is 1. The SMILES string of the molecule is CC1CN(C(C(=O)N2CCOCC2)c2ccc(N(C)C)cc2)CCN1. The summed E-state index contributed by atoms with van der Waals surface area (Å²) in [6.45, 7) is 7.52. The molecule has 3 rings (SSSR count). The van der Waals surface area contributed by atoms with Gasteiger partial charge in [-0.25, -0.2) is 0 Å². The highest BCUT2D eigenvalue weighted by atomic mass is 16.5. The Labute approximate surface area is 150 Å². The van der Waals surface area contributed by atoms with E-state index in [1.54, 1.807) is 0 Å². The van der Waals surface area contributed by atoms with Crippen LogP contribution in [0, 0.1) is 0 Å². The number of anilines is 1. The van der Waals surface area contributed by atoms with Crippen molar-refractivity contribution in [2.75, 3.05) is 64.9 Å². The molecular weight excluding hydrogens is 316 g/mol. The summed E-state index contributed by atoms with van der Waals surface area (Å²) in [5.74, 6) is 0.204. The Balaban J connectivity index is 1.86. The molecule has 2 unspecified atom stereocenters. The summed E-state index contributed by atoms with van der Waals surface area (Å²) in [4.78, 5) is 19.7. The minimum atomic E-state index is -0.209. The fraction of sp³-hybridized carbons (Fsp3) is 0.632. The lowest BCUT2D eigenvalue weighted by Gasteiger charge is -2.40. The normalized spacial score (nSPS) is 23.3.